The Morgan fingerprint density at radius 3 is 2.73 bits per heavy atom. The van der Waals surface area contributed by atoms with Gasteiger partial charge in [-0.2, -0.15) is 13.2 Å². The minimum Gasteiger partial charge on any atom is -0.357 e. The number of halogens is 4. The number of nitrogens with zero attached hydrogens (tertiary/aromatic N) is 3. The molecule has 0 amide bonds. The number of rotatable bonds is 7. The van der Waals surface area contributed by atoms with E-state index in [0.717, 1.165) is 55.9 Å². The number of aromatic nitrogens is 1. The topological polar surface area (TPSA) is 52.6 Å². The van der Waals surface area contributed by atoms with E-state index in [-0.39, 0.29) is 24.0 Å². The lowest BCUT2D eigenvalue weighted by Crippen LogP contribution is -2.38. The summed E-state index contributed by atoms with van der Waals surface area (Å²) in [7, 11) is 0. The van der Waals surface area contributed by atoms with Gasteiger partial charge in [0.2, 0.25) is 0 Å². The van der Waals surface area contributed by atoms with Crippen molar-refractivity contribution < 1.29 is 13.2 Å². The van der Waals surface area contributed by atoms with Crippen LogP contribution in [0.4, 0.5) is 13.2 Å². The minimum atomic E-state index is -4.37. The summed E-state index contributed by atoms with van der Waals surface area (Å²) in [6.45, 7) is 9.45. The zero-order chi connectivity index (χ0) is 18.3. The molecule has 0 spiro atoms. The Labute approximate surface area is 173 Å². The van der Waals surface area contributed by atoms with Crippen molar-refractivity contribution >= 4 is 41.3 Å². The highest BCUT2D eigenvalue weighted by molar-refractivity contribution is 14.0. The smallest absolute Gasteiger partial charge is 0.357 e. The number of likely N-dealkylation sites (tertiary alicyclic amines) is 1. The second-order valence-corrected chi connectivity index (χ2v) is 7.01. The molecule has 150 valence electrons. The highest BCUT2D eigenvalue weighted by atomic mass is 127. The maximum absolute atomic E-state index is 12.5. The Morgan fingerprint density at radius 2 is 2.15 bits per heavy atom. The Kier molecular flexibility index (Phi) is 10.2. The summed E-state index contributed by atoms with van der Waals surface area (Å²) in [5.74, 6) is 1.29. The molecule has 26 heavy (non-hydrogen) atoms. The lowest BCUT2D eigenvalue weighted by Gasteiger charge is -2.13. The molecule has 2 heterocycles. The van der Waals surface area contributed by atoms with Crippen molar-refractivity contribution in [2.24, 2.45) is 10.9 Å². The first-order valence-corrected chi connectivity index (χ1v) is 9.56. The van der Waals surface area contributed by atoms with E-state index >= 15 is 0 Å². The molecule has 0 aromatic carbocycles. The first kappa shape index (κ1) is 23.4. The van der Waals surface area contributed by atoms with Crippen LogP contribution in [0.2, 0.25) is 0 Å². The van der Waals surface area contributed by atoms with Crippen molar-refractivity contribution in [1.82, 2.24) is 20.5 Å². The summed E-state index contributed by atoms with van der Waals surface area (Å²) in [5, 5.41) is 7.89. The zero-order valence-corrected chi connectivity index (χ0v) is 18.3. The van der Waals surface area contributed by atoms with Crippen molar-refractivity contribution in [3.05, 3.63) is 16.1 Å². The number of guanidine groups is 1. The van der Waals surface area contributed by atoms with Crippen molar-refractivity contribution in [2.75, 3.05) is 39.3 Å². The van der Waals surface area contributed by atoms with Gasteiger partial charge in [-0.25, -0.2) is 4.98 Å². The Morgan fingerprint density at radius 1 is 1.38 bits per heavy atom. The predicted octanol–water partition coefficient (Wildman–Crippen LogP) is 3.22. The number of aliphatic imine (C=N–C) groups is 1. The van der Waals surface area contributed by atoms with E-state index in [4.69, 9.17) is 0 Å². The van der Waals surface area contributed by atoms with E-state index in [0.29, 0.717) is 29.9 Å². The lowest BCUT2D eigenvalue weighted by atomic mass is 10.1. The van der Waals surface area contributed by atoms with Crippen molar-refractivity contribution in [1.29, 1.82) is 0 Å². The maximum atomic E-state index is 12.5. The predicted molar refractivity (Wildman–Crippen MR) is 110 cm³/mol. The van der Waals surface area contributed by atoms with Crippen LogP contribution in [0.5, 0.6) is 0 Å². The van der Waals surface area contributed by atoms with Gasteiger partial charge in [0.1, 0.15) is 0 Å². The number of alkyl halides is 3. The summed E-state index contributed by atoms with van der Waals surface area (Å²) >= 11 is 1.04. The van der Waals surface area contributed by atoms with E-state index < -0.39 is 11.9 Å². The molecule has 0 saturated carbocycles. The van der Waals surface area contributed by atoms with Crippen LogP contribution in [0.25, 0.3) is 0 Å². The quantitative estimate of drug-likeness (QED) is 0.340. The van der Waals surface area contributed by atoms with Crippen LogP contribution < -0.4 is 10.6 Å². The third kappa shape index (κ3) is 7.55. The summed E-state index contributed by atoms with van der Waals surface area (Å²) in [4.78, 5) is 10.7. The fourth-order valence-electron chi connectivity index (χ4n) is 2.75. The van der Waals surface area contributed by atoms with Crippen LogP contribution in [0, 0.1) is 5.92 Å². The summed E-state index contributed by atoms with van der Waals surface area (Å²) in [6.07, 6.45) is -2.76. The van der Waals surface area contributed by atoms with E-state index in [1.165, 1.54) is 0 Å². The molecule has 5 nitrogen and oxygen atoms in total. The van der Waals surface area contributed by atoms with Gasteiger partial charge in [-0.3, -0.25) is 4.99 Å². The van der Waals surface area contributed by atoms with Crippen molar-refractivity contribution in [2.45, 2.75) is 32.9 Å². The van der Waals surface area contributed by atoms with Gasteiger partial charge < -0.3 is 15.5 Å². The summed E-state index contributed by atoms with van der Waals surface area (Å²) in [5.41, 5.74) is -0.810. The molecular formula is C16H27F3IN5S. The van der Waals surface area contributed by atoms with E-state index in [9.17, 15) is 13.2 Å². The zero-order valence-electron chi connectivity index (χ0n) is 15.1. The molecule has 10 heteroatoms. The number of hydrogen-bond donors (Lipinski definition) is 2. The molecule has 1 aliphatic rings. The van der Waals surface area contributed by atoms with Gasteiger partial charge in [0.25, 0.3) is 0 Å². The molecular weight excluding hydrogens is 478 g/mol. The largest absolute Gasteiger partial charge is 0.434 e. The molecule has 1 aliphatic heterocycles. The van der Waals surface area contributed by atoms with Crippen LogP contribution >= 0.6 is 35.3 Å². The monoisotopic (exact) mass is 505 g/mol. The van der Waals surface area contributed by atoms with Crippen molar-refractivity contribution in [3.8, 4) is 0 Å². The standard InChI is InChI=1S/C16H26F3N5S.HI/c1-3-20-15(22-9-12-6-8-24(4-2)10-12)21-7-5-14-23-13(11-25-14)16(17,18)19;/h11-12H,3-10H2,1-2H3,(H2,20,21,22);1H. The van der Waals surface area contributed by atoms with Gasteiger partial charge in [0.05, 0.1) is 5.01 Å². The van der Waals surface area contributed by atoms with Crippen LogP contribution in [0.15, 0.2) is 10.4 Å². The van der Waals surface area contributed by atoms with Gasteiger partial charge in [0, 0.05) is 38.0 Å². The molecule has 1 aromatic heterocycles. The van der Waals surface area contributed by atoms with E-state index in [1.807, 2.05) is 6.92 Å². The lowest BCUT2D eigenvalue weighted by molar-refractivity contribution is -0.140. The molecule has 1 unspecified atom stereocenters. The maximum Gasteiger partial charge on any atom is 0.434 e. The Hall–Kier alpha value is -0.620. The van der Waals surface area contributed by atoms with Gasteiger partial charge in [0.15, 0.2) is 11.7 Å². The first-order valence-electron chi connectivity index (χ1n) is 8.68. The molecule has 1 saturated heterocycles. The number of thiazole rings is 1. The van der Waals surface area contributed by atoms with Crippen molar-refractivity contribution in [3.63, 3.8) is 0 Å². The number of hydrogen-bond acceptors (Lipinski definition) is 4. The molecule has 1 aromatic rings. The second-order valence-electron chi connectivity index (χ2n) is 6.07. The molecule has 0 bridgehead atoms. The minimum absolute atomic E-state index is 0. The fraction of sp³-hybridized carbons (Fsp3) is 0.750. The fourth-order valence-corrected chi connectivity index (χ4v) is 3.56. The van der Waals surface area contributed by atoms with Gasteiger partial charge in [-0.1, -0.05) is 6.92 Å². The average molecular weight is 505 g/mol. The van der Waals surface area contributed by atoms with Crippen LogP contribution in [-0.2, 0) is 12.6 Å². The van der Waals surface area contributed by atoms with E-state index in [1.54, 1.807) is 0 Å². The van der Waals surface area contributed by atoms with Gasteiger partial charge >= 0.3 is 6.18 Å². The van der Waals surface area contributed by atoms with E-state index in [2.05, 4.69) is 32.4 Å². The normalized spacial score (nSPS) is 18.7. The third-order valence-corrected chi connectivity index (χ3v) is 5.05. The molecule has 0 radical (unpaired) electrons. The third-order valence-electron chi connectivity index (χ3n) is 4.14. The van der Waals surface area contributed by atoms with Crippen LogP contribution in [-0.4, -0.2) is 55.1 Å². The highest BCUT2D eigenvalue weighted by Gasteiger charge is 2.33. The summed E-state index contributed by atoms with van der Waals surface area (Å²) < 4.78 is 37.6. The second kappa shape index (κ2) is 11.3. The highest BCUT2D eigenvalue weighted by Crippen LogP contribution is 2.30. The molecule has 2 rings (SSSR count). The van der Waals surface area contributed by atoms with Gasteiger partial charge in [-0.15, -0.1) is 35.3 Å². The molecule has 1 fully saturated rings. The molecule has 1 atom stereocenters. The Balaban J connectivity index is 0.00000338. The summed E-state index contributed by atoms with van der Waals surface area (Å²) in [6, 6.07) is 0. The first-order chi connectivity index (χ1) is 11.9. The van der Waals surface area contributed by atoms with Gasteiger partial charge in [-0.05, 0) is 32.4 Å². The van der Waals surface area contributed by atoms with Crippen LogP contribution in [0.3, 0.4) is 0 Å². The molecule has 2 N–H and O–H groups in total. The molecule has 0 aliphatic carbocycles. The average Bonchev–Trinajstić information content (AvgIpc) is 3.21. The Bertz CT molecular complexity index is 564. The number of nitrogens with one attached hydrogen (secondary N) is 2. The SMILES string of the molecule is CCNC(=NCC1CCN(CC)C1)NCCc1nc(C(F)(F)F)cs1.I. The van der Waals surface area contributed by atoms with Crippen LogP contribution in [0.1, 0.15) is 31.0 Å².